The first kappa shape index (κ1) is 14.1. The monoisotopic (exact) mass is 251 g/mol. The summed E-state index contributed by atoms with van der Waals surface area (Å²) >= 11 is 3.69. The molecular formula is C14H21NOS. The smallest absolute Gasteiger partial charge is 0.275 e. The summed E-state index contributed by atoms with van der Waals surface area (Å²) in [5.74, 6) is 0. The first-order valence-corrected chi connectivity index (χ1v) is 6.32. The van der Waals surface area contributed by atoms with E-state index in [1.807, 2.05) is 0 Å². The third-order valence-corrected chi connectivity index (χ3v) is 3.04. The van der Waals surface area contributed by atoms with Gasteiger partial charge in [0, 0.05) is 6.54 Å². The van der Waals surface area contributed by atoms with Crippen LogP contribution < -0.4 is 5.32 Å². The maximum Gasteiger partial charge on any atom is 0.275 e. The Morgan fingerprint density at radius 2 is 2.00 bits per heavy atom. The van der Waals surface area contributed by atoms with E-state index in [0.29, 0.717) is 6.54 Å². The highest BCUT2D eigenvalue weighted by atomic mass is 32.1. The van der Waals surface area contributed by atoms with E-state index in [2.05, 4.69) is 63.8 Å². The van der Waals surface area contributed by atoms with Crippen molar-refractivity contribution in [2.75, 3.05) is 6.54 Å². The molecule has 0 aliphatic rings. The van der Waals surface area contributed by atoms with Crippen LogP contribution in [0, 0.1) is 6.92 Å². The molecule has 1 aromatic carbocycles. The van der Waals surface area contributed by atoms with Gasteiger partial charge in [0.25, 0.3) is 5.24 Å². The van der Waals surface area contributed by atoms with Crippen LogP contribution in [0.1, 0.15) is 37.5 Å². The van der Waals surface area contributed by atoms with Gasteiger partial charge in [-0.25, -0.2) is 0 Å². The van der Waals surface area contributed by atoms with Gasteiger partial charge in [0.1, 0.15) is 0 Å². The summed E-state index contributed by atoms with van der Waals surface area (Å²) in [7, 11) is 0. The second-order valence-corrected chi connectivity index (χ2v) is 5.78. The molecule has 0 aromatic heterocycles. The van der Waals surface area contributed by atoms with Gasteiger partial charge in [0.2, 0.25) is 0 Å². The summed E-state index contributed by atoms with van der Waals surface area (Å²) in [5, 5.41) is 2.44. The van der Waals surface area contributed by atoms with Crippen LogP contribution in [0.3, 0.4) is 0 Å². The van der Waals surface area contributed by atoms with Crippen LogP contribution in [0.4, 0.5) is 4.79 Å². The Kier molecular flexibility index (Phi) is 4.63. The van der Waals surface area contributed by atoms with Crippen molar-refractivity contribution in [1.82, 2.24) is 5.32 Å². The third-order valence-electron chi connectivity index (χ3n) is 2.89. The molecule has 0 atom stereocenters. The first-order valence-electron chi connectivity index (χ1n) is 5.87. The lowest BCUT2D eigenvalue weighted by Gasteiger charge is -2.21. The predicted octanol–water partition coefficient (Wildman–Crippen LogP) is 3.47. The topological polar surface area (TPSA) is 29.1 Å². The van der Waals surface area contributed by atoms with E-state index in [1.165, 1.54) is 16.7 Å². The average Bonchev–Trinajstić information content (AvgIpc) is 2.18. The summed E-state index contributed by atoms with van der Waals surface area (Å²) in [5.41, 5.74) is 4.05. The SMILES string of the molecule is Cc1ccc(C(C)(C)C)cc1CCNC(=O)S. The summed E-state index contributed by atoms with van der Waals surface area (Å²) in [6.07, 6.45) is 0.849. The average molecular weight is 251 g/mol. The van der Waals surface area contributed by atoms with Crippen molar-refractivity contribution >= 4 is 17.9 Å². The Balaban J connectivity index is 2.80. The summed E-state index contributed by atoms with van der Waals surface area (Å²) in [6, 6.07) is 6.56. The zero-order valence-corrected chi connectivity index (χ0v) is 11.9. The van der Waals surface area contributed by atoms with Gasteiger partial charge in [0.15, 0.2) is 0 Å². The molecule has 1 N–H and O–H groups in total. The fourth-order valence-electron chi connectivity index (χ4n) is 1.71. The fourth-order valence-corrected chi connectivity index (χ4v) is 1.82. The maximum absolute atomic E-state index is 10.7. The number of aryl methyl sites for hydroxylation is 1. The highest BCUT2D eigenvalue weighted by Gasteiger charge is 2.14. The van der Waals surface area contributed by atoms with E-state index in [4.69, 9.17) is 0 Å². The van der Waals surface area contributed by atoms with Gasteiger partial charge in [0.05, 0.1) is 0 Å². The third kappa shape index (κ3) is 4.43. The molecule has 2 nitrogen and oxygen atoms in total. The molecular weight excluding hydrogens is 230 g/mol. The van der Waals surface area contributed by atoms with Crippen LogP contribution in [-0.4, -0.2) is 11.8 Å². The highest BCUT2D eigenvalue weighted by molar-refractivity contribution is 7.96. The number of carbonyl (C=O) groups excluding carboxylic acids is 1. The van der Waals surface area contributed by atoms with Crippen molar-refractivity contribution < 1.29 is 4.79 Å². The largest absolute Gasteiger partial charge is 0.347 e. The minimum absolute atomic E-state index is 0.162. The molecule has 0 bridgehead atoms. The van der Waals surface area contributed by atoms with Crippen LogP contribution >= 0.6 is 12.6 Å². The summed E-state index contributed by atoms with van der Waals surface area (Å²) in [4.78, 5) is 10.7. The molecule has 1 rings (SSSR count). The van der Waals surface area contributed by atoms with Gasteiger partial charge in [-0.2, -0.15) is 0 Å². The van der Waals surface area contributed by atoms with E-state index >= 15 is 0 Å². The van der Waals surface area contributed by atoms with Crippen LogP contribution in [-0.2, 0) is 11.8 Å². The summed E-state index contributed by atoms with van der Waals surface area (Å²) < 4.78 is 0. The van der Waals surface area contributed by atoms with Crippen molar-refractivity contribution in [3.05, 3.63) is 34.9 Å². The van der Waals surface area contributed by atoms with E-state index < -0.39 is 0 Å². The zero-order chi connectivity index (χ0) is 13.1. The molecule has 3 heteroatoms. The molecule has 0 fully saturated rings. The maximum atomic E-state index is 10.7. The number of hydrogen-bond acceptors (Lipinski definition) is 1. The van der Waals surface area contributed by atoms with E-state index in [9.17, 15) is 4.79 Å². The second kappa shape index (κ2) is 5.58. The van der Waals surface area contributed by atoms with Crippen LogP contribution in [0.25, 0.3) is 0 Å². The number of thiol groups is 1. The lowest BCUT2D eigenvalue weighted by molar-refractivity contribution is 0.261. The fraction of sp³-hybridized carbons (Fsp3) is 0.500. The first-order chi connectivity index (χ1) is 7.80. The zero-order valence-electron chi connectivity index (χ0n) is 11.0. The van der Waals surface area contributed by atoms with Gasteiger partial charge < -0.3 is 5.32 Å². The number of rotatable bonds is 3. The molecule has 0 aliphatic carbocycles. The van der Waals surface area contributed by atoms with E-state index in [0.717, 1.165) is 6.42 Å². The Hall–Kier alpha value is -0.960. The Morgan fingerprint density at radius 3 is 2.53 bits per heavy atom. The molecule has 17 heavy (non-hydrogen) atoms. The number of benzene rings is 1. The van der Waals surface area contributed by atoms with Crippen LogP contribution in [0.15, 0.2) is 18.2 Å². The molecule has 0 saturated heterocycles. The van der Waals surface area contributed by atoms with E-state index in [-0.39, 0.29) is 10.7 Å². The molecule has 0 radical (unpaired) electrons. The lowest BCUT2D eigenvalue weighted by Crippen LogP contribution is -2.20. The summed E-state index contributed by atoms with van der Waals surface area (Å²) in [6.45, 7) is 9.35. The molecule has 1 aromatic rings. The Morgan fingerprint density at radius 1 is 1.35 bits per heavy atom. The molecule has 0 heterocycles. The molecule has 0 unspecified atom stereocenters. The number of nitrogens with one attached hydrogen (secondary N) is 1. The Labute approximate surface area is 109 Å². The van der Waals surface area contributed by atoms with Crippen LogP contribution in [0.5, 0.6) is 0 Å². The van der Waals surface area contributed by atoms with Gasteiger partial charge in [-0.05, 0) is 35.4 Å². The predicted molar refractivity (Wildman–Crippen MR) is 76.0 cm³/mol. The van der Waals surface area contributed by atoms with E-state index in [1.54, 1.807) is 0 Å². The molecule has 0 aliphatic heterocycles. The Bertz CT molecular complexity index is 407. The van der Waals surface area contributed by atoms with Gasteiger partial charge in [-0.3, -0.25) is 4.79 Å². The lowest BCUT2D eigenvalue weighted by atomic mass is 9.85. The highest BCUT2D eigenvalue weighted by Crippen LogP contribution is 2.24. The van der Waals surface area contributed by atoms with Gasteiger partial charge >= 0.3 is 0 Å². The molecule has 0 spiro atoms. The van der Waals surface area contributed by atoms with Crippen molar-refractivity contribution in [3.8, 4) is 0 Å². The van der Waals surface area contributed by atoms with Crippen molar-refractivity contribution in [1.29, 1.82) is 0 Å². The molecule has 0 saturated carbocycles. The minimum atomic E-state index is -0.269. The molecule has 1 amide bonds. The van der Waals surface area contributed by atoms with Gasteiger partial charge in [-0.15, -0.1) is 0 Å². The number of amides is 1. The quantitative estimate of drug-likeness (QED) is 0.791. The standard InChI is InChI=1S/C14H21NOS/c1-10-5-6-12(14(2,3)4)9-11(10)7-8-15-13(16)17/h5-6,9H,7-8H2,1-4H3,(H2,15,16,17). The minimum Gasteiger partial charge on any atom is -0.347 e. The molecule has 94 valence electrons. The van der Waals surface area contributed by atoms with Crippen molar-refractivity contribution in [2.45, 2.75) is 39.5 Å². The van der Waals surface area contributed by atoms with Crippen molar-refractivity contribution in [2.24, 2.45) is 0 Å². The number of hydrogen-bond donors (Lipinski definition) is 2. The second-order valence-electron chi connectivity index (χ2n) is 5.37. The van der Waals surface area contributed by atoms with Crippen LogP contribution in [0.2, 0.25) is 0 Å². The van der Waals surface area contributed by atoms with Crippen molar-refractivity contribution in [3.63, 3.8) is 0 Å². The number of carbonyl (C=O) groups is 1. The normalized spacial score (nSPS) is 11.4. The van der Waals surface area contributed by atoms with Gasteiger partial charge in [-0.1, -0.05) is 51.6 Å².